The van der Waals surface area contributed by atoms with Crippen LogP contribution in [0.25, 0.3) is 5.82 Å². The van der Waals surface area contributed by atoms with Crippen molar-refractivity contribution >= 4 is 11.7 Å². The number of alkyl halides is 3. The first-order chi connectivity index (χ1) is 8.79. The maximum atomic E-state index is 12.4. The Balaban J connectivity index is 2.43. The van der Waals surface area contributed by atoms with Crippen molar-refractivity contribution in [2.45, 2.75) is 6.18 Å². The molecule has 0 saturated heterocycles. The minimum absolute atomic E-state index is 0.0690. The molecular weight excluding hydrogens is 265 g/mol. The molecule has 0 aromatic carbocycles. The van der Waals surface area contributed by atoms with Crippen molar-refractivity contribution in [2.24, 2.45) is 0 Å². The van der Waals surface area contributed by atoms with E-state index in [1.807, 2.05) is 0 Å². The summed E-state index contributed by atoms with van der Waals surface area (Å²) in [5, 5.41) is 12.0. The molecule has 2 aromatic heterocycles. The third-order valence-corrected chi connectivity index (χ3v) is 2.24. The molecule has 2 aromatic rings. The van der Waals surface area contributed by atoms with Crippen LogP contribution in [-0.4, -0.2) is 25.8 Å². The van der Waals surface area contributed by atoms with Gasteiger partial charge < -0.3 is 10.8 Å². The summed E-state index contributed by atoms with van der Waals surface area (Å²) in [5.74, 6) is -1.30. The van der Waals surface area contributed by atoms with E-state index in [1.54, 1.807) is 0 Å². The van der Waals surface area contributed by atoms with Crippen molar-refractivity contribution in [1.29, 1.82) is 0 Å². The molecule has 0 unspecified atom stereocenters. The second-order valence-corrected chi connectivity index (χ2v) is 3.59. The second-order valence-electron chi connectivity index (χ2n) is 3.59. The monoisotopic (exact) mass is 272 g/mol. The van der Waals surface area contributed by atoms with Crippen LogP contribution in [0.4, 0.5) is 18.9 Å². The van der Waals surface area contributed by atoms with Crippen LogP contribution >= 0.6 is 0 Å². The summed E-state index contributed by atoms with van der Waals surface area (Å²) in [4.78, 5) is 14.4. The number of nitrogen functional groups attached to an aromatic ring is 1. The molecule has 0 saturated carbocycles. The Morgan fingerprint density at radius 2 is 2.11 bits per heavy atom. The number of nitrogens with two attached hydrogens (primary N) is 1. The highest BCUT2D eigenvalue weighted by Gasteiger charge is 2.33. The van der Waals surface area contributed by atoms with Crippen LogP contribution in [0.15, 0.2) is 24.5 Å². The standard InChI is InChI=1S/C10H7F3N4O2/c11-10(12,13)7-1-2-17(16-7)8-6(14)3-5(4-15-8)9(18)19/h1-4H,14H2,(H,18,19). The minimum Gasteiger partial charge on any atom is -0.478 e. The Labute approximate surface area is 104 Å². The predicted octanol–water partition coefficient (Wildman–Crippen LogP) is 1.57. The lowest BCUT2D eigenvalue weighted by molar-refractivity contribution is -0.141. The topological polar surface area (TPSA) is 94.0 Å². The number of anilines is 1. The molecule has 2 rings (SSSR count). The Morgan fingerprint density at radius 3 is 2.58 bits per heavy atom. The second kappa shape index (κ2) is 4.26. The van der Waals surface area contributed by atoms with Crippen LogP contribution in [0.2, 0.25) is 0 Å². The van der Waals surface area contributed by atoms with Crippen molar-refractivity contribution in [1.82, 2.24) is 14.8 Å². The number of carboxylic acids is 1. The highest BCUT2D eigenvalue weighted by Crippen LogP contribution is 2.28. The van der Waals surface area contributed by atoms with Gasteiger partial charge in [0.25, 0.3) is 0 Å². The summed E-state index contributed by atoms with van der Waals surface area (Å²) in [6.45, 7) is 0. The highest BCUT2D eigenvalue weighted by molar-refractivity contribution is 5.88. The number of aromatic nitrogens is 3. The van der Waals surface area contributed by atoms with E-state index in [9.17, 15) is 18.0 Å². The van der Waals surface area contributed by atoms with Gasteiger partial charge in [0.05, 0.1) is 11.3 Å². The number of hydrogen-bond acceptors (Lipinski definition) is 4. The molecule has 0 atom stereocenters. The van der Waals surface area contributed by atoms with Gasteiger partial charge in [-0.2, -0.15) is 18.3 Å². The molecule has 2 heterocycles. The van der Waals surface area contributed by atoms with E-state index < -0.39 is 17.8 Å². The van der Waals surface area contributed by atoms with Gasteiger partial charge in [0, 0.05) is 12.4 Å². The molecule has 0 amide bonds. The molecule has 0 aliphatic heterocycles. The minimum atomic E-state index is -4.57. The van der Waals surface area contributed by atoms with Gasteiger partial charge in [0.15, 0.2) is 11.5 Å². The Bertz CT molecular complexity index is 636. The van der Waals surface area contributed by atoms with Gasteiger partial charge in [-0.25, -0.2) is 14.5 Å². The quantitative estimate of drug-likeness (QED) is 0.865. The SMILES string of the molecule is Nc1cc(C(=O)O)cnc1-n1ccc(C(F)(F)F)n1. The molecule has 6 nitrogen and oxygen atoms in total. The maximum Gasteiger partial charge on any atom is 0.435 e. The van der Waals surface area contributed by atoms with Crippen molar-refractivity contribution in [3.8, 4) is 5.82 Å². The summed E-state index contributed by atoms with van der Waals surface area (Å²) in [5.41, 5.74) is 4.21. The summed E-state index contributed by atoms with van der Waals surface area (Å²) in [7, 11) is 0. The zero-order valence-electron chi connectivity index (χ0n) is 9.22. The summed E-state index contributed by atoms with van der Waals surface area (Å²) >= 11 is 0. The van der Waals surface area contributed by atoms with E-state index in [2.05, 4.69) is 10.1 Å². The van der Waals surface area contributed by atoms with E-state index in [4.69, 9.17) is 10.8 Å². The average molecular weight is 272 g/mol. The molecule has 0 bridgehead atoms. The van der Waals surface area contributed by atoms with Gasteiger partial charge >= 0.3 is 12.1 Å². The first kappa shape index (κ1) is 12.9. The number of hydrogen-bond donors (Lipinski definition) is 2. The van der Waals surface area contributed by atoms with Crippen LogP contribution in [0, 0.1) is 0 Å². The van der Waals surface area contributed by atoms with Crippen LogP contribution < -0.4 is 5.73 Å². The normalized spacial score (nSPS) is 11.5. The molecule has 100 valence electrons. The van der Waals surface area contributed by atoms with Gasteiger partial charge in [-0.15, -0.1) is 0 Å². The molecule has 0 spiro atoms. The Morgan fingerprint density at radius 1 is 1.42 bits per heavy atom. The summed E-state index contributed by atoms with van der Waals surface area (Å²) in [6.07, 6.45) is -2.54. The van der Waals surface area contributed by atoms with Gasteiger partial charge in [-0.05, 0) is 12.1 Å². The lowest BCUT2D eigenvalue weighted by Crippen LogP contribution is -2.10. The molecule has 0 aliphatic carbocycles. The van der Waals surface area contributed by atoms with Crippen molar-refractivity contribution in [3.63, 3.8) is 0 Å². The van der Waals surface area contributed by atoms with Crippen LogP contribution in [0.1, 0.15) is 16.1 Å². The highest BCUT2D eigenvalue weighted by atomic mass is 19.4. The number of nitrogens with zero attached hydrogens (tertiary/aromatic N) is 3. The van der Waals surface area contributed by atoms with Gasteiger partial charge in [-0.1, -0.05) is 0 Å². The first-order valence-electron chi connectivity index (χ1n) is 4.91. The molecule has 0 radical (unpaired) electrons. The van der Waals surface area contributed by atoms with Gasteiger partial charge in [0.2, 0.25) is 0 Å². The molecule has 9 heteroatoms. The van der Waals surface area contributed by atoms with Crippen LogP contribution in [0.5, 0.6) is 0 Å². The number of aromatic carboxylic acids is 1. The molecule has 3 N–H and O–H groups in total. The number of carbonyl (C=O) groups is 1. The predicted molar refractivity (Wildman–Crippen MR) is 57.7 cm³/mol. The van der Waals surface area contributed by atoms with E-state index in [0.717, 1.165) is 29.2 Å². The molecule has 0 fully saturated rings. The number of halogens is 3. The number of pyridine rings is 1. The third kappa shape index (κ3) is 2.49. The zero-order chi connectivity index (χ0) is 14.2. The van der Waals surface area contributed by atoms with Crippen LogP contribution in [0.3, 0.4) is 0 Å². The fourth-order valence-corrected chi connectivity index (χ4v) is 1.38. The fraction of sp³-hybridized carbons (Fsp3) is 0.100. The van der Waals surface area contributed by atoms with Crippen LogP contribution in [-0.2, 0) is 6.18 Å². The maximum absolute atomic E-state index is 12.4. The summed E-state index contributed by atoms with van der Waals surface area (Å²) in [6, 6.07) is 1.87. The molecule has 19 heavy (non-hydrogen) atoms. The number of carboxylic acid groups (broad SMARTS) is 1. The lowest BCUT2D eigenvalue weighted by Gasteiger charge is -2.05. The Kier molecular flexibility index (Phi) is 2.89. The zero-order valence-corrected chi connectivity index (χ0v) is 9.22. The van der Waals surface area contributed by atoms with E-state index in [-0.39, 0.29) is 17.1 Å². The van der Waals surface area contributed by atoms with Crippen molar-refractivity contribution in [3.05, 3.63) is 35.8 Å². The van der Waals surface area contributed by atoms with E-state index >= 15 is 0 Å². The number of rotatable bonds is 2. The molecular formula is C10H7F3N4O2. The van der Waals surface area contributed by atoms with Gasteiger partial charge in [-0.3, -0.25) is 0 Å². The van der Waals surface area contributed by atoms with Crippen molar-refractivity contribution in [2.75, 3.05) is 5.73 Å². The fourth-order valence-electron chi connectivity index (χ4n) is 1.38. The van der Waals surface area contributed by atoms with E-state index in [1.165, 1.54) is 0 Å². The lowest BCUT2D eigenvalue weighted by atomic mass is 10.2. The largest absolute Gasteiger partial charge is 0.478 e. The van der Waals surface area contributed by atoms with Gasteiger partial charge in [0.1, 0.15) is 0 Å². The Hall–Kier alpha value is -2.58. The van der Waals surface area contributed by atoms with Crippen molar-refractivity contribution < 1.29 is 23.1 Å². The third-order valence-electron chi connectivity index (χ3n) is 2.24. The van der Waals surface area contributed by atoms with E-state index in [0.29, 0.717) is 0 Å². The molecule has 0 aliphatic rings. The average Bonchev–Trinajstić information content (AvgIpc) is 2.77. The smallest absolute Gasteiger partial charge is 0.435 e. The summed E-state index contributed by atoms with van der Waals surface area (Å²) < 4.78 is 38.0. The first-order valence-corrected chi connectivity index (χ1v) is 4.91.